The summed E-state index contributed by atoms with van der Waals surface area (Å²) in [5, 5.41) is 0. The number of carbonyl (C=O) groups excluding carboxylic acids is 3. The average molecular weight is 346 g/mol. The lowest BCUT2D eigenvalue weighted by Gasteiger charge is -2.34. The highest BCUT2D eigenvalue weighted by Gasteiger charge is 2.53. The molecule has 1 aromatic carbocycles. The van der Waals surface area contributed by atoms with E-state index in [1.165, 1.54) is 25.2 Å². The molecule has 2 aliphatic heterocycles. The summed E-state index contributed by atoms with van der Waals surface area (Å²) in [6.45, 7) is 3.48. The molecule has 25 heavy (non-hydrogen) atoms. The van der Waals surface area contributed by atoms with Crippen molar-refractivity contribution in [3.8, 4) is 0 Å². The van der Waals surface area contributed by atoms with Gasteiger partial charge in [-0.25, -0.2) is 4.39 Å². The number of carbonyl (C=O) groups is 3. The second kappa shape index (κ2) is 6.58. The lowest BCUT2D eigenvalue weighted by molar-refractivity contribution is -0.142. The molecule has 2 heterocycles. The topological polar surface area (TPSA) is 57.7 Å². The van der Waals surface area contributed by atoms with Crippen LogP contribution in [0.4, 0.5) is 4.39 Å². The first-order valence-electron chi connectivity index (χ1n) is 8.68. The van der Waals surface area contributed by atoms with Crippen LogP contribution in [0, 0.1) is 11.7 Å². The minimum Gasteiger partial charge on any atom is -0.343 e. The molecule has 0 aromatic heterocycles. The summed E-state index contributed by atoms with van der Waals surface area (Å²) in [7, 11) is 1.42. The minimum atomic E-state index is -1.30. The third-order valence-corrected chi connectivity index (χ3v) is 5.51. The number of nitrogens with zero attached hydrogens (tertiary/aromatic N) is 2. The maximum Gasteiger partial charge on any atom is 0.240 e. The molecule has 5 nitrogen and oxygen atoms in total. The molecule has 3 rings (SSSR count). The van der Waals surface area contributed by atoms with Crippen molar-refractivity contribution in [2.75, 3.05) is 20.1 Å². The van der Waals surface area contributed by atoms with Crippen LogP contribution in [0.3, 0.4) is 0 Å². The molecular weight excluding hydrogens is 323 g/mol. The minimum absolute atomic E-state index is 0.0955. The molecule has 2 saturated heterocycles. The first-order chi connectivity index (χ1) is 11.8. The Balaban J connectivity index is 1.92. The van der Waals surface area contributed by atoms with Gasteiger partial charge in [-0.1, -0.05) is 19.1 Å². The summed E-state index contributed by atoms with van der Waals surface area (Å²) in [6, 6.07) is 5.68. The predicted molar refractivity (Wildman–Crippen MR) is 90.1 cm³/mol. The molecule has 0 saturated carbocycles. The van der Waals surface area contributed by atoms with Crippen LogP contribution in [0.5, 0.6) is 0 Å². The normalized spacial score (nSPS) is 24.9. The van der Waals surface area contributed by atoms with E-state index in [0.29, 0.717) is 24.6 Å². The van der Waals surface area contributed by atoms with E-state index in [2.05, 4.69) is 6.92 Å². The summed E-state index contributed by atoms with van der Waals surface area (Å²) >= 11 is 0. The van der Waals surface area contributed by atoms with Crippen molar-refractivity contribution < 1.29 is 18.8 Å². The van der Waals surface area contributed by atoms with Gasteiger partial charge in [0.25, 0.3) is 0 Å². The van der Waals surface area contributed by atoms with Crippen LogP contribution >= 0.6 is 0 Å². The third kappa shape index (κ3) is 3.17. The van der Waals surface area contributed by atoms with Crippen LogP contribution in [0.25, 0.3) is 0 Å². The third-order valence-electron chi connectivity index (χ3n) is 5.51. The fourth-order valence-corrected chi connectivity index (χ4v) is 3.77. The molecule has 0 unspecified atom stereocenters. The molecule has 2 fully saturated rings. The van der Waals surface area contributed by atoms with Gasteiger partial charge in [-0.3, -0.25) is 19.3 Å². The maximum absolute atomic E-state index is 13.7. The van der Waals surface area contributed by atoms with Gasteiger partial charge in [0.05, 0.1) is 5.41 Å². The fraction of sp³-hybridized carbons (Fsp3) is 0.526. The summed E-state index contributed by atoms with van der Waals surface area (Å²) in [4.78, 5) is 40.6. The number of benzene rings is 1. The number of hydrogen-bond donors (Lipinski definition) is 0. The molecule has 3 amide bonds. The van der Waals surface area contributed by atoms with Crippen molar-refractivity contribution in [2.45, 2.75) is 38.0 Å². The Bertz CT molecular complexity index is 712. The van der Waals surface area contributed by atoms with Gasteiger partial charge in [-0.15, -0.1) is 0 Å². The lowest BCUT2D eigenvalue weighted by atomic mass is 9.75. The van der Waals surface area contributed by atoms with Crippen molar-refractivity contribution in [1.82, 2.24) is 9.80 Å². The zero-order valence-electron chi connectivity index (χ0n) is 14.6. The molecule has 1 atom stereocenters. The summed E-state index contributed by atoms with van der Waals surface area (Å²) < 4.78 is 13.7. The quantitative estimate of drug-likeness (QED) is 0.788. The highest BCUT2D eigenvalue weighted by atomic mass is 19.1. The van der Waals surface area contributed by atoms with Crippen LogP contribution in [0.15, 0.2) is 24.3 Å². The summed E-state index contributed by atoms with van der Waals surface area (Å²) in [5.74, 6) is -0.809. The second-order valence-electron chi connectivity index (χ2n) is 7.27. The molecule has 134 valence electrons. The number of hydrogen-bond acceptors (Lipinski definition) is 3. The van der Waals surface area contributed by atoms with Crippen LogP contribution in [-0.4, -0.2) is 47.7 Å². The first kappa shape index (κ1) is 17.6. The zero-order chi connectivity index (χ0) is 18.2. The van der Waals surface area contributed by atoms with E-state index in [1.54, 1.807) is 11.0 Å². The molecule has 0 spiro atoms. The Hall–Kier alpha value is -2.24. The van der Waals surface area contributed by atoms with Gasteiger partial charge >= 0.3 is 0 Å². The number of rotatable bonds is 3. The Morgan fingerprint density at radius 1 is 1.28 bits per heavy atom. The van der Waals surface area contributed by atoms with Crippen LogP contribution in [0.1, 0.15) is 38.2 Å². The number of piperidine rings is 1. The first-order valence-corrected chi connectivity index (χ1v) is 8.68. The van der Waals surface area contributed by atoms with Gasteiger partial charge in [-0.05, 0) is 36.5 Å². The molecule has 0 N–H and O–H groups in total. The molecular formula is C19H23FN2O3. The fourth-order valence-electron chi connectivity index (χ4n) is 3.77. The number of halogens is 1. The summed E-state index contributed by atoms with van der Waals surface area (Å²) in [6.07, 6.45) is 1.68. The Morgan fingerprint density at radius 3 is 2.52 bits per heavy atom. The van der Waals surface area contributed by atoms with Gasteiger partial charge < -0.3 is 4.90 Å². The summed E-state index contributed by atoms with van der Waals surface area (Å²) in [5.41, 5.74) is -0.900. The average Bonchev–Trinajstić information content (AvgIpc) is 2.80. The number of amides is 3. The monoisotopic (exact) mass is 346 g/mol. The second-order valence-corrected chi connectivity index (χ2v) is 7.27. The van der Waals surface area contributed by atoms with Gasteiger partial charge in [0.1, 0.15) is 5.82 Å². The van der Waals surface area contributed by atoms with E-state index in [9.17, 15) is 18.8 Å². The zero-order valence-corrected chi connectivity index (χ0v) is 14.6. The predicted octanol–water partition coefficient (Wildman–Crippen LogP) is 2.10. The Morgan fingerprint density at radius 2 is 1.96 bits per heavy atom. The van der Waals surface area contributed by atoms with Crippen molar-refractivity contribution in [3.63, 3.8) is 0 Å². The highest BCUT2D eigenvalue weighted by molar-refractivity contribution is 6.10. The molecule has 6 heteroatoms. The van der Waals surface area contributed by atoms with E-state index in [1.807, 2.05) is 0 Å². The van der Waals surface area contributed by atoms with Crippen molar-refractivity contribution in [3.05, 3.63) is 35.6 Å². The number of likely N-dealkylation sites (tertiary alicyclic amines) is 2. The van der Waals surface area contributed by atoms with Gasteiger partial charge in [0.15, 0.2) is 0 Å². The van der Waals surface area contributed by atoms with Gasteiger partial charge in [-0.2, -0.15) is 0 Å². The maximum atomic E-state index is 13.7. The lowest BCUT2D eigenvalue weighted by Crippen LogP contribution is -2.44. The van der Waals surface area contributed by atoms with Crippen LogP contribution in [-0.2, 0) is 19.8 Å². The van der Waals surface area contributed by atoms with E-state index in [0.717, 1.165) is 17.7 Å². The molecule has 1 aromatic rings. The van der Waals surface area contributed by atoms with E-state index in [4.69, 9.17) is 0 Å². The molecule has 0 bridgehead atoms. The van der Waals surface area contributed by atoms with Gasteiger partial charge in [0, 0.05) is 33.0 Å². The van der Waals surface area contributed by atoms with Crippen molar-refractivity contribution >= 4 is 17.7 Å². The van der Waals surface area contributed by atoms with Crippen LogP contribution in [0.2, 0.25) is 0 Å². The largest absolute Gasteiger partial charge is 0.343 e. The molecule has 0 radical (unpaired) electrons. The van der Waals surface area contributed by atoms with E-state index < -0.39 is 17.1 Å². The number of likely N-dealkylation sites (N-methyl/N-ethyl adjacent to an activating group) is 1. The van der Waals surface area contributed by atoms with Crippen LogP contribution < -0.4 is 0 Å². The SMILES string of the molecule is CC1CCN(C(=O)C[C@@]2(c3cccc(F)c3)CC(=O)N(C)C2=O)CC1. The highest BCUT2D eigenvalue weighted by Crippen LogP contribution is 2.40. The smallest absolute Gasteiger partial charge is 0.240 e. The van der Waals surface area contributed by atoms with Crippen molar-refractivity contribution in [1.29, 1.82) is 0 Å². The number of imide groups is 1. The Labute approximate surface area is 146 Å². The van der Waals surface area contributed by atoms with Crippen molar-refractivity contribution in [2.24, 2.45) is 5.92 Å². The Kier molecular flexibility index (Phi) is 4.62. The molecule has 2 aliphatic rings. The van der Waals surface area contributed by atoms with E-state index in [-0.39, 0.29) is 24.7 Å². The molecule has 0 aliphatic carbocycles. The van der Waals surface area contributed by atoms with E-state index >= 15 is 0 Å². The standard InChI is InChI=1S/C19H23FN2O3/c1-13-6-8-22(9-7-13)17(24)12-19(11-16(23)21(2)18(19)25)14-4-3-5-15(20)10-14/h3-5,10,13H,6-9,11-12H2,1-2H3/t19-/m1/s1. The van der Waals surface area contributed by atoms with Gasteiger partial charge in [0.2, 0.25) is 17.7 Å².